The van der Waals surface area contributed by atoms with Crippen LogP contribution >= 0.6 is 28.1 Å². The topological polar surface area (TPSA) is 88.2 Å². The maximum absolute atomic E-state index is 12.6. The van der Waals surface area contributed by atoms with Gasteiger partial charge in [-0.2, -0.15) is 0 Å². The van der Waals surface area contributed by atoms with E-state index >= 15 is 0 Å². The van der Waals surface area contributed by atoms with Gasteiger partial charge in [0.05, 0.1) is 7.11 Å². The van der Waals surface area contributed by atoms with Crippen molar-refractivity contribution in [2.24, 2.45) is 0 Å². The first-order valence-corrected chi connectivity index (χ1v) is 10.6. The molecule has 0 saturated carbocycles. The van der Waals surface area contributed by atoms with Crippen LogP contribution in [0.1, 0.15) is 5.56 Å². The summed E-state index contributed by atoms with van der Waals surface area (Å²) in [7, 11) is 4.47. The molecule has 2 aromatic rings. The van der Waals surface area contributed by atoms with Crippen LogP contribution in [0.4, 0.5) is 5.69 Å². The lowest BCUT2D eigenvalue weighted by atomic mass is 10.1. The van der Waals surface area contributed by atoms with E-state index in [2.05, 4.69) is 21.2 Å². The third kappa shape index (κ3) is 4.97. The van der Waals surface area contributed by atoms with E-state index in [-0.39, 0.29) is 23.2 Å². The van der Waals surface area contributed by atoms with Crippen molar-refractivity contribution in [1.29, 1.82) is 0 Å². The van der Waals surface area contributed by atoms with Crippen molar-refractivity contribution in [3.8, 4) is 11.5 Å². The lowest BCUT2D eigenvalue weighted by Crippen LogP contribution is -2.52. The summed E-state index contributed by atoms with van der Waals surface area (Å²) in [4.78, 5) is 39.8. The number of carbonyl (C=O) groups is 3. The van der Waals surface area contributed by atoms with Crippen LogP contribution in [0.25, 0.3) is 6.08 Å². The van der Waals surface area contributed by atoms with E-state index in [9.17, 15) is 14.4 Å². The number of anilines is 1. The summed E-state index contributed by atoms with van der Waals surface area (Å²) in [5.74, 6) is -0.674. The van der Waals surface area contributed by atoms with Crippen LogP contribution in [-0.4, -0.2) is 60.4 Å². The lowest BCUT2D eigenvalue weighted by Gasteiger charge is -2.31. The Labute approximate surface area is 198 Å². The SMILES string of the molecule is COc1cc(C=C2C(=O)N(C)C(=S)N(C)C2=O)c(Br)cc1OCC(=O)Nc1ccccc1. The van der Waals surface area contributed by atoms with Crippen LogP contribution in [0, 0.1) is 0 Å². The number of thiocarbonyl (C=S) groups is 1. The fourth-order valence-corrected chi connectivity index (χ4v) is 3.53. The van der Waals surface area contributed by atoms with Crippen LogP contribution in [-0.2, 0) is 14.4 Å². The molecule has 8 nitrogen and oxygen atoms in total. The molecule has 3 amide bonds. The molecule has 0 aliphatic carbocycles. The Morgan fingerprint density at radius 3 is 2.31 bits per heavy atom. The quantitative estimate of drug-likeness (QED) is 0.360. The van der Waals surface area contributed by atoms with Gasteiger partial charge < -0.3 is 14.8 Å². The van der Waals surface area contributed by atoms with E-state index in [1.165, 1.54) is 37.1 Å². The molecule has 1 N–H and O–H groups in total. The van der Waals surface area contributed by atoms with Crippen molar-refractivity contribution in [1.82, 2.24) is 9.80 Å². The Balaban J connectivity index is 1.81. The maximum atomic E-state index is 12.6. The number of para-hydroxylation sites is 1. The van der Waals surface area contributed by atoms with Crippen LogP contribution < -0.4 is 14.8 Å². The fourth-order valence-electron chi connectivity index (χ4n) is 2.93. The second-order valence-corrected chi connectivity index (χ2v) is 8.02. The Morgan fingerprint density at radius 1 is 1.09 bits per heavy atom. The summed E-state index contributed by atoms with van der Waals surface area (Å²) in [5, 5.41) is 2.86. The van der Waals surface area contributed by atoms with E-state index in [1.54, 1.807) is 24.3 Å². The van der Waals surface area contributed by atoms with Crippen LogP contribution in [0.3, 0.4) is 0 Å². The highest BCUT2D eigenvalue weighted by Gasteiger charge is 2.35. The Bertz CT molecular complexity index is 1090. The molecule has 1 aliphatic heterocycles. The number of rotatable bonds is 6. The smallest absolute Gasteiger partial charge is 0.265 e. The second-order valence-electron chi connectivity index (χ2n) is 6.80. The molecule has 2 aromatic carbocycles. The minimum Gasteiger partial charge on any atom is -0.493 e. The van der Waals surface area contributed by atoms with Gasteiger partial charge in [-0.15, -0.1) is 0 Å². The molecule has 1 fully saturated rings. The molecular weight excluding hydrogens is 498 g/mol. The maximum Gasteiger partial charge on any atom is 0.265 e. The van der Waals surface area contributed by atoms with Crippen molar-refractivity contribution in [3.63, 3.8) is 0 Å². The molecule has 0 atom stereocenters. The highest BCUT2D eigenvalue weighted by molar-refractivity contribution is 9.10. The van der Waals surface area contributed by atoms with Gasteiger partial charge in [-0.05, 0) is 48.1 Å². The first kappa shape index (κ1) is 23.4. The molecule has 0 bridgehead atoms. The Morgan fingerprint density at radius 2 is 1.72 bits per heavy atom. The van der Waals surface area contributed by atoms with Gasteiger partial charge in [0.25, 0.3) is 17.7 Å². The normalized spacial score (nSPS) is 13.9. The molecule has 0 spiro atoms. The number of nitrogens with one attached hydrogen (secondary N) is 1. The monoisotopic (exact) mass is 517 g/mol. The number of likely N-dealkylation sites (N-methyl/N-ethyl adjacent to an activating group) is 2. The molecule has 0 radical (unpaired) electrons. The number of hydrogen-bond acceptors (Lipinski definition) is 6. The van der Waals surface area contributed by atoms with Crippen molar-refractivity contribution in [2.45, 2.75) is 0 Å². The number of benzene rings is 2. The highest BCUT2D eigenvalue weighted by Crippen LogP contribution is 2.35. The van der Waals surface area contributed by atoms with Gasteiger partial charge in [0.15, 0.2) is 23.2 Å². The number of ether oxygens (including phenoxy) is 2. The molecule has 3 rings (SSSR count). The number of hydrogen-bond donors (Lipinski definition) is 1. The molecular formula is C22H20BrN3O5S. The third-order valence-corrected chi connectivity index (χ3v) is 5.88. The van der Waals surface area contributed by atoms with Gasteiger partial charge >= 0.3 is 0 Å². The number of amides is 3. The van der Waals surface area contributed by atoms with E-state index < -0.39 is 11.8 Å². The lowest BCUT2D eigenvalue weighted by molar-refractivity contribution is -0.132. The van der Waals surface area contributed by atoms with Gasteiger partial charge in [0, 0.05) is 24.3 Å². The van der Waals surface area contributed by atoms with Gasteiger partial charge in [0.2, 0.25) is 0 Å². The Hall–Kier alpha value is -3.24. The molecule has 1 heterocycles. The predicted molar refractivity (Wildman–Crippen MR) is 127 cm³/mol. The summed E-state index contributed by atoms with van der Waals surface area (Å²) in [6.07, 6.45) is 1.46. The van der Waals surface area contributed by atoms with Crippen LogP contribution in [0.2, 0.25) is 0 Å². The highest BCUT2D eigenvalue weighted by atomic mass is 79.9. The van der Waals surface area contributed by atoms with Crippen molar-refractivity contribution in [3.05, 3.63) is 58.1 Å². The van der Waals surface area contributed by atoms with Crippen LogP contribution in [0.5, 0.6) is 11.5 Å². The fraction of sp³-hybridized carbons (Fsp3) is 0.182. The average Bonchev–Trinajstić information content (AvgIpc) is 2.79. The zero-order valence-corrected chi connectivity index (χ0v) is 20.0. The van der Waals surface area contributed by atoms with E-state index in [0.29, 0.717) is 27.2 Å². The molecule has 0 aromatic heterocycles. The van der Waals surface area contributed by atoms with E-state index in [4.69, 9.17) is 21.7 Å². The molecule has 10 heteroatoms. The summed E-state index contributed by atoms with van der Waals surface area (Å²) < 4.78 is 11.5. The minimum atomic E-state index is -0.498. The largest absolute Gasteiger partial charge is 0.493 e. The summed E-state index contributed by atoms with van der Waals surface area (Å²) in [6, 6.07) is 12.2. The predicted octanol–water partition coefficient (Wildman–Crippen LogP) is 3.07. The van der Waals surface area contributed by atoms with Gasteiger partial charge in [0.1, 0.15) is 5.57 Å². The van der Waals surface area contributed by atoms with Gasteiger partial charge in [-0.1, -0.05) is 34.1 Å². The number of nitrogens with zero attached hydrogens (tertiary/aromatic N) is 2. The van der Waals surface area contributed by atoms with Crippen LogP contribution in [0.15, 0.2) is 52.5 Å². The zero-order valence-electron chi connectivity index (χ0n) is 17.5. The Kier molecular flexibility index (Phi) is 7.26. The third-order valence-electron chi connectivity index (χ3n) is 4.64. The summed E-state index contributed by atoms with van der Waals surface area (Å²) in [6.45, 7) is -0.234. The first-order chi connectivity index (χ1) is 15.2. The molecule has 1 aliphatic rings. The standard InChI is InChI=1S/C22H20BrN3O5S/c1-25-20(28)15(21(29)26(2)22(25)32)9-13-10-17(30-3)18(11-16(13)23)31-12-19(27)24-14-7-5-4-6-8-14/h4-11H,12H2,1-3H3,(H,24,27). The van der Waals surface area contributed by atoms with E-state index in [1.807, 2.05) is 18.2 Å². The van der Waals surface area contributed by atoms with E-state index in [0.717, 1.165) is 0 Å². The number of halogens is 1. The van der Waals surface area contributed by atoms with Crippen molar-refractivity contribution in [2.75, 3.05) is 33.1 Å². The summed E-state index contributed by atoms with van der Waals surface area (Å²) in [5.41, 5.74) is 1.14. The molecule has 1 saturated heterocycles. The van der Waals surface area contributed by atoms with Crippen molar-refractivity contribution >= 4 is 62.7 Å². The number of methoxy groups -OCH3 is 1. The zero-order chi connectivity index (χ0) is 23.4. The van der Waals surface area contributed by atoms with Crippen molar-refractivity contribution < 1.29 is 23.9 Å². The minimum absolute atomic E-state index is 0.0396. The van der Waals surface area contributed by atoms with Gasteiger partial charge in [-0.25, -0.2) is 0 Å². The number of carbonyl (C=O) groups excluding carboxylic acids is 3. The average molecular weight is 518 g/mol. The molecule has 0 unspecified atom stereocenters. The molecule has 166 valence electrons. The summed E-state index contributed by atoms with van der Waals surface area (Å²) >= 11 is 8.52. The second kappa shape index (κ2) is 9.92. The first-order valence-electron chi connectivity index (χ1n) is 9.40. The van der Waals surface area contributed by atoms with Gasteiger partial charge in [-0.3, -0.25) is 24.2 Å². The molecule has 32 heavy (non-hydrogen) atoms.